The summed E-state index contributed by atoms with van der Waals surface area (Å²) in [6.07, 6.45) is 1.83. The van der Waals surface area contributed by atoms with Crippen LogP contribution in [0.15, 0.2) is 28.7 Å². The third-order valence-corrected chi connectivity index (χ3v) is 4.18. The largest absolute Gasteiger partial charge is 0.363 e. The van der Waals surface area contributed by atoms with Gasteiger partial charge in [-0.2, -0.15) is 0 Å². The molecule has 24 heavy (non-hydrogen) atoms. The third kappa shape index (κ3) is 5.90. The molecule has 0 radical (unpaired) electrons. The first kappa shape index (κ1) is 20.6. The van der Waals surface area contributed by atoms with E-state index >= 15 is 0 Å². The summed E-state index contributed by atoms with van der Waals surface area (Å²) in [5, 5.41) is 6.56. The fourth-order valence-corrected chi connectivity index (χ4v) is 2.78. The number of aromatic nitrogens is 2. The maximum atomic E-state index is 4.50. The highest BCUT2D eigenvalue weighted by molar-refractivity contribution is 14.0. The Hall–Kier alpha value is -1.42. The average Bonchev–Trinajstić information content (AvgIpc) is 2.93. The molecule has 132 valence electrons. The van der Waals surface area contributed by atoms with E-state index in [9.17, 15) is 0 Å². The molecule has 0 spiro atoms. The Bertz CT molecular complexity index is 670. The number of halogens is 1. The van der Waals surface area contributed by atoms with Crippen molar-refractivity contribution in [1.29, 1.82) is 0 Å². The zero-order valence-corrected chi connectivity index (χ0v) is 17.9. The number of anilines is 1. The summed E-state index contributed by atoms with van der Waals surface area (Å²) in [5.74, 6) is 1.80. The molecule has 0 saturated heterocycles. The van der Waals surface area contributed by atoms with Gasteiger partial charge in [-0.3, -0.25) is 4.99 Å². The van der Waals surface area contributed by atoms with E-state index in [0.717, 1.165) is 29.0 Å². The molecule has 0 atom stereocenters. The minimum Gasteiger partial charge on any atom is -0.363 e. The van der Waals surface area contributed by atoms with Crippen molar-refractivity contribution >= 4 is 47.1 Å². The summed E-state index contributed by atoms with van der Waals surface area (Å²) in [5.41, 5.74) is 2.24. The van der Waals surface area contributed by atoms with E-state index < -0.39 is 0 Å². The molecule has 0 bridgehead atoms. The molecule has 0 saturated carbocycles. The van der Waals surface area contributed by atoms with Crippen LogP contribution >= 0.6 is 35.3 Å². The SMILES string of the molecule is CN=C(NCc1ccnc(N(C)C)c1)N(C)Cc1csc(C)n1.I. The summed E-state index contributed by atoms with van der Waals surface area (Å²) < 4.78 is 0. The monoisotopic (exact) mass is 460 g/mol. The molecule has 0 aromatic carbocycles. The molecule has 0 aliphatic rings. The number of thiazole rings is 1. The first-order valence-electron chi connectivity index (χ1n) is 7.44. The van der Waals surface area contributed by atoms with Crippen molar-refractivity contribution < 1.29 is 0 Å². The summed E-state index contributed by atoms with van der Waals surface area (Å²) in [4.78, 5) is 17.2. The van der Waals surface area contributed by atoms with Gasteiger partial charge in [-0.25, -0.2) is 9.97 Å². The summed E-state index contributed by atoms with van der Waals surface area (Å²) in [6.45, 7) is 3.47. The molecule has 0 aliphatic heterocycles. The van der Waals surface area contributed by atoms with Crippen LogP contribution in [0.5, 0.6) is 0 Å². The number of hydrogen-bond acceptors (Lipinski definition) is 5. The first-order valence-corrected chi connectivity index (χ1v) is 8.32. The van der Waals surface area contributed by atoms with E-state index in [2.05, 4.69) is 36.6 Å². The summed E-state index contributed by atoms with van der Waals surface area (Å²) >= 11 is 1.67. The zero-order chi connectivity index (χ0) is 16.8. The van der Waals surface area contributed by atoms with E-state index in [1.807, 2.05) is 45.2 Å². The average molecular weight is 460 g/mol. The third-order valence-electron chi connectivity index (χ3n) is 3.36. The number of pyridine rings is 1. The van der Waals surface area contributed by atoms with Crippen molar-refractivity contribution in [2.45, 2.75) is 20.0 Å². The molecule has 2 aromatic heterocycles. The molecular formula is C16H25IN6S. The van der Waals surface area contributed by atoms with E-state index in [4.69, 9.17) is 0 Å². The van der Waals surface area contributed by atoms with Gasteiger partial charge in [0.15, 0.2) is 5.96 Å². The number of nitrogens with one attached hydrogen (secondary N) is 1. The van der Waals surface area contributed by atoms with Gasteiger partial charge in [-0.1, -0.05) is 0 Å². The van der Waals surface area contributed by atoms with Crippen LogP contribution < -0.4 is 10.2 Å². The Morgan fingerprint density at radius 1 is 1.33 bits per heavy atom. The van der Waals surface area contributed by atoms with Crippen molar-refractivity contribution in [1.82, 2.24) is 20.2 Å². The van der Waals surface area contributed by atoms with Gasteiger partial charge in [-0.15, -0.1) is 35.3 Å². The Balaban J connectivity index is 0.00000288. The highest BCUT2D eigenvalue weighted by Gasteiger charge is 2.09. The van der Waals surface area contributed by atoms with Gasteiger partial charge in [0.25, 0.3) is 0 Å². The molecule has 0 aliphatic carbocycles. The van der Waals surface area contributed by atoms with Crippen LogP contribution in [0.3, 0.4) is 0 Å². The lowest BCUT2D eigenvalue weighted by Gasteiger charge is -2.21. The summed E-state index contributed by atoms with van der Waals surface area (Å²) in [7, 11) is 7.79. The van der Waals surface area contributed by atoms with Crippen molar-refractivity contribution in [3.8, 4) is 0 Å². The van der Waals surface area contributed by atoms with Gasteiger partial charge in [0.2, 0.25) is 0 Å². The van der Waals surface area contributed by atoms with Crippen LogP contribution in [-0.4, -0.2) is 49.0 Å². The van der Waals surface area contributed by atoms with Crippen molar-refractivity contribution in [2.24, 2.45) is 4.99 Å². The Labute approximate surface area is 165 Å². The minimum absolute atomic E-state index is 0. The van der Waals surface area contributed by atoms with E-state index in [0.29, 0.717) is 6.54 Å². The van der Waals surface area contributed by atoms with E-state index in [1.54, 1.807) is 18.4 Å². The molecule has 2 heterocycles. The van der Waals surface area contributed by atoms with Crippen molar-refractivity contribution in [3.05, 3.63) is 40.0 Å². The predicted octanol–water partition coefficient (Wildman–Crippen LogP) is 2.74. The number of guanidine groups is 1. The first-order chi connectivity index (χ1) is 11.0. The van der Waals surface area contributed by atoms with Gasteiger partial charge < -0.3 is 15.1 Å². The standard InChI is InChI=1S/C16H24N6S.HI/c1-12-20-14(11-23-12)10-22(5)16(17-2)19-9-13-6-7-18-15(8-13)21(3)4;/h6-8,11H,9-10H2,1-5H3,(H,17,19);1H. The molecule has 2 rings (SSSR count). The van der Waals surface area contributed by atoms with Crippen LogP contribution in [0.1, 0.15) is 16.3 Å². The lowest BCUT2D eigenvalue weighted by atomic mass is 10.2. The number of nitrogens with zero attached hydrogens (tertiary/aromatic N) is 5. The Morgan fingerprint density at radius 3 is 2.67 bits per heavy atom. The Kier molecular flexibility index (Phi) is 8.40. The van der Waals surface area contributed by atoms with Crippen LogP contribution in [0.25, 0.3) is 0 Å². The van der Waals surface area contributed by atoms with Gasteiger partial charge in [0, 0.05) is 46.3 Å². The molecule has 2 aromatic rings. The van der Waals surface area contributed by atoms with E-state index in [-0.39, 0.29) is 24.0 Å². The fraction of sp³-hybridized carbons (Fsp3) is 0.438. The maximum absolute atomic E-state index is 4.50. The molecule has 0 amide bonds. The highest BCUT2D eigenvalue weighted by Crippen LogP contribution is 2.11. The lowest BCUT2D eigenvalue weighted by molar-refractivity contribution is 0.470. The normalized spacial score (nSPS) is 11.0. The topological polar surface area (TPSA) is 56.7 Å². The van der Waals surface area contributed by atoms with Gasteiger partial charge in [-0.05, 0) is 24.6 Å². The van der Waals surface area contributed by atoms with Crippen LogP contribution in [-0.2, 0) is 13.1 Å². The fourth-order valence-electron chi connectivity index (χ4n) is 2.18. The Morgan fingerprint density at radius 2 is 2.08 bits per heavy atom. The van der Waals surface area contributed by atoms with Gasteiger partial charge in [0.1, 0.15) is 5.82 Å². The van der Waals surface area contributed by atoms with Crippen LogP contribution in [0.4, 0.5) is 5.82 Å². The lowest BCUT2D eigenvalue weighted by Crippen LogP contribution is -2.38. The second-order valence-corrected chi connectivity index (χ2v) is 6.59. The minimum atomic E-state index is 0. The van der Waals surface area contributed by atoms with Crippen LogP contribution in [0.2, 0.25) is 0 Å². The predicted molar refractivity (Wildman–Crippen MR) is 112 cm³/mol. The van der Waals surface area contributed by atoms with E-state index in [1.165, 1.54) is 5.56 Å². The molecule has 0 unspecified atom stereocenters. The number of aryl methyl sites for hydroxylation is 1. The maximum Gasteiger partial charge on any atom is 0.194 e. The number of aliphatic imine (C=N–C) groups is 1. The molecule has 1 N–H and O–H groups in total. The zero-order valence-electron chi connectivity index (χ0n) is 14.8. The number of hydrogen-bond donors (Lipinski definition) is 1. The second kappa shape index (κ2) is 9.77. The molecule has 8 heteroatoms. The van der Waals surface area contributed by atoms with Crippen molar-refractivity contribution in [2.75, 3.05) is 33.1 Å². The van der Waals surface area contributed by atoms with Gasteiger partial charge >= 0.3 is 0 Å². The smallest absolute Gasteiger partial charge is 0.194 e. The number of rotatable bonds is 5. The summed E-state index contributed by atoms with van der Waals surface area (Å²) in [6, 6.07) is 4.08. The molecule has 6 nitrogen and oxygen atoms in total. The van der Waals surface area contributed by atoms with Crippen LogP contribution in [0, 0.1) is 6.92 Å². The second-order valence-electron chi connectivity index (χ2n) is 5.53. The van der Waals surface area contributed by atoms with Crippen molar-refractivity contribution in [3.63, 3.8) is 0 Å². The quantitative estimate of drug-likeness (QED) is 0.423. The highest BCUT2D eigenvalue weighted by atomic mass is 127. The molecular weight excluding hydrogens is 435 g/mol. The molecule has 0 fully saturated rings. The van der Waals surface area contributed by atoms with Gasteiger partial charge in [0.05, 0.1) is 17.2 Å².